The van der Waals surface area contributed by atoms with E-state index < -0.39 is 5.24 Å². The van der Waals surface area contributed by atoms with Crippen LogP contribution >= 0.6 is 23.2 Å². The first-order chi connectivity index (χ1) is 8.66. The molecule has 0 unspecified atom stereocenters. The van der Waals surface area contributed by atoms with Crippen LogP contribution in [0.5, 0.6) is 0 Å². The number of pyridine rings is 1. The molecule has 2 rings (SSSR count). The summed E-state index contributed by atoms with van der Waals surface area (Å²) in [5.41, 5.74) is 2.51. The highest BCUT2D eigenvalue weighted by Crippen LogP contribution is 2.14. The van der Waals surface area contributed by atoms with Crippen molar-refractivity contribution in [1.29, 1.82) is 0 Å². The summed E-state index contributed by atoms with van der Waals surface area (Å²) in [6.45, 7) is 0. The molecule has 0 atom stereocenters. The third-order valence-corrected chi connectivity index (χ3v) is 3.14. The Bertz CT molecular complexity index is 569. The van der Waals surface area contributed by atoms with Crippen LogP contribution in [-0.2, 0) is 12.8 Å². The van der Waals surface area contributed by atoms with Crippen LogP contribution < -0.4 is 4.98 Å². The number of hydrogen-bond donors (Lipinski definition) is 0. The molecule has 0 fully saturated rings. The maximum Gasteiger partial charge on any atom is 0.316 e. The number of H-pyrrole nitrogens is 1. The van der Waals surface area contributed by atoms with E-state index in [1.807, 2.05) is 36.4 Å². The Hall–Kier alpha value is -1.38. The molecular weight excluding hydrogens is 269 g/mol. The molecule has 0 spiro atoms. The molecule has 0 amide bonds. The molecule has 1 aromatic carbocycles. The number of aromatic nitrogens is 1. The summed E-state index contributed by atoms with van der Waals surface area (Å²) in [6.07, 6.45) is 3.25. The summed E-state index contributed by atoms with van der Waals surface area (Å²) >= 11 is 11.5. The Morgan fingerprint density at radius 1 is 1.17 bits per heavy atom. The van der Waals surface area contributed by atoms with E-state index in [0.717, 1.165) is 29.0 Å². The van der Waals surface area contributed by atoms with Gasteiger partial charge in [0.05, 0.1) is 0 Å². The van der Waals surface area contributed by atoms with Gasteiger partial charge in [-0.15, -0.1) is 0 Å². The molecule has 92 valence electrons. The Labute approximate surface area is 116 Å². The summed E-state index contributed by atoms with van der Waals surface area (Å²) in [6, 6.07) is 11.5. The van der Waals surface area contributed by atoms with Gasteiger partial charge in [-0.1, -0.05) is 23.7 Å². The van der Waals surface area contributed by atoms with E-state index in [0.29, 0.717) is 5.69 Å². The van der Waals surface area contributed by atoms with E-state index >= 15 is 0 Å². The van der Waals surface area contributed by atoms with Crippen molar-refractivity contribution < 1.29 is 9.78 Å². The van der Waals surface area contributed by atoms with Gasteiger partial charge in [-0.25, -0.2) is 4.98 Å². The number of hydrogen-bond acceptors (Lipinski definition) is 1. The van der Waals surface area contributed by atoms with Crippen molar-refractivity contribution in [3.63, 3.8) is 0 Å². The number of carbonyl (C=O) groups is 1. The number of nitrogens with one attached hydrogen (secondary N) is 1. The van der Waals surface area contributed by atoms with Crippen LogP contribution in [0.1, 0.15) is 21.6 Å². The van der Waals surface area contributed by atoms with Crippen molar-refractivity contribution in [2.45, 2.75) is 12.8 Å². The van der Waals surface area contributed by atoms with Gasteiger partial charge in [0.25, 0.3) is 5.69 Å². The second-order valence-corrected chi connectivity index (χ2v) is 4.75. The molecule has 0 aliphatic heterocycles. The third-order valence-electron chi connectivity index (χ3n) is 2.71. The summed E-state index contributed by atoms with van der Waals surface area (Å²) in [5, 5.41) is 0.262. The van der Waals surface area contributed by atoms with Crippen molar-refractivity contribution in [1.82, 2.24) is 0 Å². The lowest BCUT2D eigenvalue weighted by Crippen LogP contribution is -2.16. The first kappa shape index (κ1) is 13.1. The van der Waals surface area contributed by atoms with Crippen LogP contribution in [0.15, 0.2) is 42.6 Å². The summed E-state index contributed by atoms with van der Waals surface area (Å²) < 4.78 is 0. The molecule has 4 heteroatoms. The van der Waals surface area contributed by atoms with Crippen molar-refractivity contribution in [2.24, 2.45) is 0 Å². The minimum Gasteiger partial charge on any atom is -0.269 e. The summed E-state index contributed by atoms with van der Waals surface area (Å²) in [5.74, 6) is 0. The largest absolute Gasteiger partial charge is 0.316 e. The zero-order chi connectivity index (χ0) is 13.0. The average molecular weight is 281 g/mol. The van der Waals surface area contributed by atoms with Gasteiger partial charge in [-0.05, 0) is 48.2 Å². The Morgan fingerprint density at radius 3 is 2.72 bits per heavy atom. The summed E-state index contributed by atoms with van der Waals surface area (Å²) in [4.78, 5) is 14.1. The Balaban J connectivity index is 2.13. The van der Waals surface area contributed by atoms with E-state index in [1.165, 1.54) is 0 Å². The molecule has 1 heterocycles. The molecule has 0 aliphatic rings. The first-order valence-electron chi connectivity index (χ1n) is 5.60. The number of aromatic amines is 1. The van der Waals surface area contributed by atoms with Gasteiger partial charge < -0.3 is 0 Å². The van der Waals surface area contributed by atoms with Gasteiger partial charge in [-0.3, -0.25) is 4.79 Å². The van der Waals surface area contributed by atoms with Crippen LogP contribution in [-0.4, -0.2) is 5.24 Å². The van der Waals surface area contributed by atoms with E-state index in [2.05, 4.69) is 4.98 Å². The maximum absolute atomic E-state index is 11.2. The highest BCUT2D eigenvalue weighted by atomic mass is 35.5. The van der Waals surface area contributed by atoms with Crippen molar-refractivity contribution in [3.05, 3.63) is 64.4 Å². The molecular formula is C14H12Cl2NO+. The van der Waals surface area contributed by atoms with Gasteiger partial charge in [0, 0.05) is 16.7 Å². The number of aryl methyl sites for hydroxylation is 2. The molecule has 0 saturated carbocycles. The van der Waals surface area contributed by atoms with Gasteiger partial charge >= 0.3 is 5.24 Å². The van der Waals surface area contributed by atoms with E-state index in [4.69, 9.17) is 23.2 Å². The van der Waals surface area contributed by atoms with Crippen molar-refractivity contribution >= 4 is 28.4 Å². The Kier molecular flexibility index (Phi) is 4.34. The maximum atomic E-state index is 11.2. The van der Waals surface area contributed by atoms with Crippen LogP contribution in [0.3, 0.4) is 0 Å². The van der Waals surface area contributed by atoms with Crippen LogP contribution in [0.2, 0.25) is 5.02 Å². The predicted molar refractivity (Wildman–Crippen MR) is 72.0 cm³/mol. The normalized spacial score (nSPS) is 10.3. The summed E-state index contributed by atoms with van der Waals surface area (Å²) in [7, 11) is 0. The molecule has 2 nitrogen and oxygen atoms in total. The minimum absolute atomic E-state index is 0.459. The molecule has 0 saturated heterocycles. The lowest BCUT2D eigenvalue weighted by molar-refractivity contribution is -0.382. The SMILES string of the molecule is O=C(Cl)c1[nH+]cccc1CCc1cccc(Cl)c1. The zero-order valence-electron chi connectivity index (χ0n) is 9.62. The van der Waals surface area contributed by atoms with Crippen molar-refractivity contribution in [2.75, 3.05) is 0 Å². The zero-order valence-corrected chi connectivity index (χ0v) is 11.1. The van der Waals surface area contributed by atoms with E-state index in [-0.39, 0.29) is 0 Å². The molecule has 0 bridgehead atoms. The average Bonchev–Trinajstić information content (AvgIpc) is 2.37. The fourth-order valence-corrected chi connectivity index (χ4v) is 2.22. The Morgan fingerprint density at radius 2 is 2.00 bits per heavy atom. The van der Waals surface area contributed by atoms with Crippen LogP contribution in [0, 0.1) is 0 Å². The number of benzene rings is 1. The second kappa shape index (κ2) is 5.98. The van der Waals surface area contributed by atoms with Gasteiger partial charge in [0.15, 0.2) is 6.20 Å². The van der Waals surface area contributed by atoms with Gasteiger partial charge in [0.2, 0.25) is 0 Å². The van der Waals surface area contributed by atoms with E-state index in [1.54, 1.807) is 6.20 Å². The topological polar surface area (TPSA) is 31.2 Å². The van der Waals surface area contributed by atoms with Crippen LogP contribution in [0.4, 0.5) is 0 Å². The molecule has 1 aromatic heterocycles. The smallest absolute Gasteiger partial charge is 0.269 e. The molecule has 0 radical (unpaired) electrons. The van der Waals surface area contributed by atoms with Crippen LogP contribution in [0.25, 0.3) is 0 Å². The van der Waals surface area contributed by atoms with E-state index in [9.17, 15) is 4.79 Å². The first-order valence-corrected chi connectivity index (χ1v) is 6.36. The molecule has 0 aliphatic carbocycles. The molecule has 18 heavy (non-hydrogen) atoms. The highest BCUT2D eigenvalue weighted by Gasteiger charge is 2.15. The predicted octanol–water partition coefficient (Wildman–Crippen LogP) is 3.32. The van der Waals surface area contributed by atoms with Crippen molar-refractivity contribution in [3.8, 4) is 0 Å². The second-order valence-electron chi connectivity index (χ2n) is 3.97. The quantitative estimate of drug-likeness (QED) is 0.791. The number of rotatable bonds is 4. The standard InChI is InChI=1S/C14H11Cl2NO/c15-12-5-1-3-10(9-12)6-7-11-4-2-8-17-13(11)14(16)18/h1-5,8-9H,6-7H2/p+1. The highest BCUT2D eigenvalue weighted by molar-refractivity contribution is 6.67. The molecule has 1 N–H and O–H groups in total. The molecule has 2 aromatic rings. The van der Waals surface area contributed by atoms with Gasteiger partial charge in [-0.2, -0.15) is 0 Å². The number of halogens is 2. The monoisotopic (exact) mass is 280 g/mol. The van der Waals surface area contributed by atoms with Gasteiger partial charge in [0.1, 0.15) is 0 Å². The fourth-order valence-electron chi connectivity index (χ4n) is 1.83. The number of carbonyl (C=O) groups excluding carboxylic acids is 1. The third kappa shape index (κ3) is 3.31. The minimum atomic E-state index is -0.461. The fraction of sp³-hybridized carbons (Fsp3) is 0.143. The lowest BCUT2D eigenvalue weighted by atomic mass is 10.0. The lowest BCUT2D eigenvalue weighted by Gasteiger charge is -2.02.